The van der Waals surface area contributed by atoms with Gasteiger partial charge in [0.25, 0.3) is 0 Å². The van der Waals surface area contributed by atoms with Gasteiger partial charge >= 0.3 is 6.03 Å². The number of nitrogens with zero attached hydrogens (tertiary/aromatic N) is 4. The fourth-order valence-electron chi connectivity index (χ4n) is 2.52. The van der Waals surface area contributed by atoms with Crippen LogP contribution >= 0.6 is 0 Å². The molecule has 2 atom stereocenters. The van der Waals surface area contributed by atoms with Gasteiger partial charge in [-0.25, -0.2) is 9.78 Å². The molecule has 126 valence electrons. The highest BCUT2D eigenvalue weighted by Crippen LogP contribution is 2.05. The smallest absolute Gasteiger partial charge is 0.315 e. The van der Waals surface area contributed by atoms with Crippen molar-refractivity contribution in [1.82, 2.24) is 30.0 Å². The maximum absolute atomic E-state index is 11.9. The molecule has 0 aliphatic rings. The van der Waals surface area contributed by atoms with Crippen molar-refractivity contribution in [3.05, 3.63) is 36.2 Å². The van der Waals surface area contributed by atoms with Crippen LogP contribution in [-0.4, -0.2) is 37.9 Å². The van der Waals surface area contributed by atoms with Crippen LogP contribution in [0.1, 0.15) is 25.2 Å². The van der Waals surface area contributed by atoms with Crippen molar-refractivity contribution in [3.63, 3.8) is 0 Å². The van der Waals surface area contributed by atoms with E-state index in [9.17, 15) is 4.79 Å². The second kappa shape index (κ2) is 7.80. The maximum atomic E-state index is 11.9. The zero-order chi connectivity index (χ0) is 16.8. The van der Waals surface area contributed by atoms with Crippen LogP contribution in [0.3, 0.4) is 0 Å². The van der Waals surface area contributed by atoms with Crippen molar-refractivity contribution >= 4 is 6.03 Å². The van der Waals surface area contributed by atoms with Gasteiger partial charge in [-0.1, -0.05) is 6.92 Å². The fraction of sp³-hybridized carbons (Fsp3) is 0.562. The molecular weight excluding hydrogens is 292 g/mol. The molecular formula is C16H26N6O. The minimum absolute atomic E-state index is 0.0375. The largest absolute Gasteiger partial charge is 0.338 e. The average molecular weight is 318 g/mol. The number of imidazole rings is 1. The van der Waals surface area contributed by atoms with Crippen molar-refractivity contribution < 1.29 is 4.79 Å². The summed E-state index contributed by atoms with van der Waals surface area (Å²) in [6.45, 7) is 10.2. The Morgan fingerprint density at radius 3 is 2.70 bits per heavy atom. The van der Waals surface area contributed by atoms with Crippen LogP contribution in [-0.2, 0) is 13.1 Å². The first-order valence-electron chi connectivity index (χ1n) is 7.95. The lowest BCUT2D eigenvalue weighted by atomic mass is 10.2. The summed E-state index contributed by atoms with van der Waals surface area (Å²) >= 11 is 0. The van der Waals surface area contributed by atoms with Crippen molar-refractivity contribution in [2.75, 3.05) is 6.54 Å². The van der Waals surface area contributed by atoms with E-state index < -0.39 is 0 Å². The molecule has 2 aromatic rings. The molecule has 0 aliphatic heterocycles. The Labute approximate surface area is 137 Å². The van der Waals surface area contributed by atoms with Crippen molar-refractivity contribution in [1.29, 1.82) is 0 Å². The minimum atomic E-state index is -0.141. The summed E-state index contributed by atoms with van der Waals surface area (Å²) in [6.07, 6.45) is 5.35. The number of rotatable bonds is 7. The van der Waals surface area contributed by atoms with Gasteiger partial charge in [0.15, 0.2) is 0 Å². The van der Waals surface area contributed by atoms with Gasteiger partial charge in [-0.15, -0.1) is 0 Å². The molecule has 23 heavy (non-hydrogen) atoms. The van der Waals surface area contributed by atoms with Gasteiger partial charge in [0, 0.05) is 43.8 Å². The van der Waals surface area contributed by atoms with Gasteiger partial charge in [-0.3, -0.25) is 4.68 Å². The molecule has 0 radical (unpaired) electrons. The third kappa shape index (κ3) is 5.43. The highest BCUT2D eigenvalue weighted by atomic mass is 16.2. The molecule has 2 unspecified atom stereocenters. The Kier molecular flexibility index (Phi) is 5.78. The number of aromatic nitrogens is 4. The number of carbonyl (C=O) groups is 1. The molecule has 0 saturated heterocycles. The predicted octanol–water partition coefficient (Wildman–Crippen LogP) is 1.72. The van der Waals surface area contributed by atoms with Crippen LogP contribution in [0.5, 0.6) is 0 Å². The van der Waals surface area contributed by atoms with Crippen LogP contribution in [0.4, 0.5) is 4.79 Å². The molecule has 2 heterocycles. The van der Waals surface area contributed by atoms with Gasteiger partial charge in [0.1, 0.15) is 0 Å². The molecule has 0 aliphatic carbocycles. The molecule has 2 rings (SSSR count). The molecule has 0 aromatic carbocycles. The van der Waals surface area contributed by atoms with Gasteiger partial charge in [-0.05, 0) is 32.8 Å². The van der Waals surface area contributed by atoms with Crippen LogP contribution in [0.25, 0.3) is 0 Å². The third-order valence-corrected chi connectivity index (χ3v) is 3.62. The Hall–Kier alpha value is -2.31. The summed E-state index contributed by atoms with van der Waals surface area (Å²) in [6, 6.07) is 1.96. The highest BCUT2D eigenvalue weighted by molar-refractivity contribution is 5.74. The first kappa shape index (κ1) is 17.1. The third-order valence-electron chi connectivity index (χ3n) is 3.62. The summed E-state index contributed by atoms with van der Waals surface area (Å²) in [7, 11) is 0. The van der Waals surface area contributed by atoms with E-state index in [-0.39, 0.29) is 12.1 Å². The number of carbonyl (C=O) groups excluding carboxylic acids is 1. The first-order chi connectivity index (χ1) is 10.9. The minimum Gasteiger partial charge on any atom is -0.338 e. The van der Waals surface area contributed by atoms with E-state index in [2.05, 4.69) is 33.7 Å². The number of nitrogens with one attached hydrogen (secondary N) is 2. The fourth-order valence-corrected chi connectivity index (χ4v) is 2.52. The molecule has 2 amide bonds. The van der Waals surface area contributed by atoms with Crippen LogP contribution in [0.15, 0.2) is 24.8 Å². The maximum Gasteiger partial charge on any atom is 0.315 e. The van der Waals surface area contributed by atoms with E-state index in [0.29, 0.717) is 19.0 Å². The summed E-state index contributed by atoms with van der Waals surface area (Å²) in [5.41, 5.74) is 2.17. The lowest BCUT2D eigenvalue weighted by molar-refractivity contribution is 0.234. The van der Waals surface area contributed by atoms with E-state index in [1.54, 1.807) is 12.5 Å². The number of urea groups is 1. The van der Waals surface area contributed by atoms with Crippen molar-refractivity contribution in [2.45, 2.75) is 46.8 Å². The Bertz CT molecular complexity index is 619. The molecule has 0 fully saturated rings. The number of hydrogen-bond donors (Lipinski definition) is 2. The number of amides is 2. The molecule has 2 N–H and O–H groups in total. The zero-order valence-electron chi connectivity index (χ0n) is 14.3. The quantitative estimate of drug-likeness (QED) is 0.816. The molecule has 7 nitrogen and oxygen atoms in total. The predicted molar refractivity (Wildman–Crippen MR) is 89.1 cm³/mol. The van der Waals surface area contributed by atoms with Gasteiger partial charge in [0.05, 0.1) is 12.0 Å². The zero-order valence-corrected chi connectivity index (χ0v) is 14.3. The molecule has 0 spiro atoms. The molecule has 0 bridgehead atoms. The second-order valence-corrected chi connectivity index (χ2v) is 6.23. The van der Waals surface area contributed by atoms with E-state index in [1.807, 2.05) is 36.2 Å². The SMILES string of the molecule is Cc1cc(C)n(CC(C)CNC(=O)NC(C)Cn2ccnc2)n1. The lowest BCUT2D eigenvalue weighted by Crippen LogP contribution is -2.44. The summed E-state index contributed by atoms with van der Waals surface area (Å²) in [4.78, 5) is 15.9. The lowest BCUT2D eigenvalue weighted by Gasteiger charge is -2.17. The molecule has 7 heteroatoms. The van der Waals surface area contributed by atoms with E-state index >= 15 is 0 Å². The van der Waals surface area contributed by atoms with Crippen LogP contribution < -0.4 is 10.6 Å². The number of aryl methyl sites for hydroxylation is 2. The second-order valence-electron chi connectivity index (χ2n) is 6.23. The first-order valence-corrected chi connectivity index (χ1v) is 7.95. The Balaban J connectivity index is 1.70. The Morgan fingerprint density at radius 1 is 1.30 bits per heavy atom. The standard InChI is InChI=1S/C16H26N6O/c1-12(9-22-15(4)7-13(2)20-22)8-18-16(23)19-14(3)10-21-6-5-17-11-21/h5-7,11-12,14H,8-10H2,1-4H3,(H2,18,19,23). The van der Waals surface area contributed by atoms with E-state index in [1.165, 1.54) is 0 Å². The van der Waals surface area contributed by atoms with E-state index in [0.717, 1.165) is 17.9 Å². The van der Waals surface area contributed by atoms with Gasteiger partial charge in [0.2, 0.25) is 0 Å². The monoisotopic (exact) mass is 318 g/mol. The number of hydrogen-bond acceptors (Lipinski definition) is 3. The summed E-state index contributed by atoms with van der Waals surface area (Å²) in [5.74, 6) is 0.308. The van der Waals surface area contributed by atoms with Crippen molar-refractivity contribution in [3.8, 4) is 0 Å². The van der Waals surface area contributed by atoms with Gasteiger partial charge < -0.3 is 15.2 Å². The molecule has 0 saturated carbocycles. The Morgan fingerprint density at radius 2 is 2.09 bits per heavy atom. The van der Waals surface area contributed by atoms with Crippen LogP contribution in [0, 0.1) is 19.8 Å². The normalized spacial score (nSPS) is 13.6. The summed E-state index contributed by atoms with van der Waals surface area (Å²) in [5, 5.41) is 10.3. The molecule has 2 aromatic heterocycles. The summed E-state index contributed by atoms with van der Waals surface area (Å²) < 4.78 is 3.93. The highest BCUT2D eigenvalue weighted by Gasteiger charge is 2.11. The van der Waals surface area contributed by atoms with Crippen molar-refractivity contribution in [2.24, 2.45) is 5.92 Å². The van der Waals surface area contributed by atoms with E-state index in [4.69, 9.17) is 0 Å². The van der Waals surface area contributed by atoms with Gasteiger partial charge in [-0.2, -0.15) is 5.10 Å². The average Bonchev–Trinajstić information content (AvgIpc) is 3.07. The van der Waals surface area contributed by atoms with Crippen LogP contribution in [0.2, 0.25) is 0 Å². The topological polar surface area (TPSA) is 76.8 Å².